The van der Waals surface area contributed by atoms with E-state index < -0.39 is 30.9 Å². The Morgan fingerprint density at radius 1 is 0.477 bits per heavy atom. The minimum atomic E-state index is -3.89. The molecule has 86 heavy (non-hydrogen) atoms. The molecule has 21 heteroatoms. The SMILES string of the molecule is CCCCC(CC)CN(CC(CC)CCCC)S(=O)(=O)c1cccc(N=Nc2c(C(C)(C)C)nn(-c3ncnc(-n4nc(C(C)(C)C)c(N=Nc5cccc(S(=O)(=O)N(CC(CC)CCCC)CC(CC)CCCC)c5)c4N(C)C)n3)c2N(C)C)c1. The largest absolute Gasteiger partial charge is 0.361 e. The first-order valence-corrected chi connectivity index (χ1v) is 35.0. The zero-order valence-electron chi connectivity index (χ0n) is 55.8. The number of azo groups is 2. The smallest absolute Gasteiger partial charge is 0.257 e. The molecule has 0 N–H and O–H groups in total. The molecule has 19 nitrogen and oxygen atoms in total. The maximum absolute atomic E-state index is 14.8. The van der Waals surface area contributed by atoms with Crippen molar-refractivity contribution in [3.8, 4) is 11.9 Å². The van der Waals surface area contributed by atoms with Crippen LogP contribution in [0.2, 0.25) is 0 Å². The van der Waals surface area contributed by atoms with E-state index >= 15 is 0 Å². The molecule has 5 aromatic rings. The maximum atomic E-state index is 14.8. The third-order valence-electron chi connectivity index (χ3n) is 16.3. The van der Waals surface area contributed by atoms with Gasteiger partial charge >= 0.3 is 0 Å². The topological polar surface area (TPSA) is 205 Å². The third kappa shape index (κ3) is 18.8. The van der Waals surface area contributed by atoms with Crippen LogP contribution in [0, 0.1) is 23.7 Å². The average molecular weight is 1230 g/mol. The summed E-state index contributed by atoms with van der Waals surface area (Å²) in [6, 6.07) is 13.6. The predicted molar refractivity (Wildman–Crippen MR) is 352 cm³/mol. The van der Waals surface area contributed by atoms with E-state index in [-0.39, 0.29) is 45.4 Å². The molecular formula is C65H107N15O4S2. The van der Waals surface area contributed by atoms with Crippen LogP contribution in [-0.2, 0) is 30.9 Å². The fraction of sp³-hybridized carbons (Fsp3) is 0.677. The van der Waals surface area contributed by atoms with Crippen molar-refractivity contribution in [3.63, 3.8) is 0 Å². The zero-order chi connectivity index (χ0) is 63.6. The molecule has 0 spiro atoms. The quantitative estimate of drug-likeness (QED) is 0.0345. The van der Waals surface area contributed by atoms with Gasteiger partial charge in [-0.15, -0.1) is 10.2 Å². The average Bonchev–Trinajstić information content (AvgIpc) is 2.16. The van der Waals surface area contributed by atoms with Gasteiger partial charge in [0.25, 0.3) is 11.9 Å². The summed E-state index contributed by atoms with van der Waals surface area (Å²) < 4.78 is 65.9. The Kier molecular flexibility index (Phi) is 27.0. The first-order valence-electron chi connectivity index (χ1n) is 32.1. The first kappa shape index (κ1) is 71.2. The van der Waals surface area contributed by atoms with Crippen LogP contribution in [0.3, 0.4) is 0 Å². The molecule has 0 aliphatic rings. The normalized spacial score (nSPS) is 14.3. The lowest BCUT2D eigenvalue weighted by atomic mass is 9.91. The lowest BCUT2D eigenvalue weighted by Crippen LogP contribution is -2.39. The minimum absolute atomic E-state index is 0.187. The fourth-order valence-electron chi connectivity index (χ4n) is 10.8. The van der Waals surface area contributed by atoms with E-state index in [2.05, 4.69) is 65.4 Å². The number of unbranched alkanes of at least 4 members (excludes halogenated alkanes) is 4. The van der Waals surface area contributed by atoms with Crippen molar-refractivity contribution in [2.24, 2.45) is 44.1 Å². The molecule has 2 aromatic carbocycles. The molecule has 478 valence electrons. The highest BCUT2D eigenvalue weighted by molar-refractivity contribution is 7.89. The minimum Gasteiger partial charge on any atom is -0.361 e. The lowest BCUT2D eigenvalue weighted by molar-refractivity contribution is 0.270. The van der Waals surface area contributed by atoms with E-state index in [9.17, 15) is 16.8 Å². The Morgan fingerprint density at radius 3 is 1.06 bits per heavy atom. The Hall–Kier alpha value is -5.51. The number of nitrogens with zero attached hydrogens (tertiary/aromatic N) is 15. The Balaban J connectivity index is 1.59. The Bertz CT molecular complexity index is 2950. The van der Waals surface area contributed by atoms with E-state index in [4.69, 9.17) is 35.6 Å². The highest BCUT2D eigenvalue weighted by atomic mass is 32.2. The van der Waals surface area contributed by atoms with Crippen molar-refractivity contribution >= 4 is 54.4 Å². The number of anilines is 2. The summed E-state index contributed by atoms with van der Waals surface area (Å²) in [7, 11) is -0.249. The summed E-state index contributed by atoms with van der Waals surface area (Å²) in [5.74, 6) is 2.50. The van der Waals surface area contributed by atoms with Crippen LogP contribution < -0.4 is 9.80 Å². The van der Waals surface area contributed by atoms with Crippen LogP contribution in [0.5, 0.6) is 0 Å². The van der Waals surface area contributed by atoms with Gasteiger partial charge in [-0.05, 0) is 85.8 Å². The molecule has 3 aromatic heterocycles. The second-order valence-corrected chi connectivity index (χ2v) is 29.8. The van der Waals surface area contributed by atoms with E-state index in [0.717, 1.165) is 103 Å². The molecule has 5 rings (SSSR count). The summed E-state index contributed by atoms with van der Waals surface area (Å²) in [5, 5.41) is 29.5. The molecule has 3 heterocycles. The van der Waals surface area contributed by atoms with Crippen molar-refractivity contribution in [1.82, 2.24) is 43.1 Å². The van der Waals surface area contributed by atoms with E-state index in [0.29, 0.717) is 72.0 Å². The maximum Gasteiger partial charge on any atom is 0.257 e. The molecule has 0 radical (unpaired) electrons. The molecule has 0 saturated carbocycles. The second kappa shape index (κ2) is 32.6. The van der Waals surface area contributed by atoms with Gasteiger partial charge in [0.1, 0.15) is 6.33 Å². The summed E-state index contributed by atoms with van der Waals surface area (Å²) in [4.78, 5) is 18.5. The lowest BCUT2D eigenvalue weighted by Gasteiger charge is -2.30. The molecular weight excluding hydrogens is 1120 g/mol. The van der Waals surface area contributed by atoms with Crippen LogP contribution in [-0.4, -0.2) is 114 Å². The molecule has 0 aliphatic heterocycles. The molecule has 0 saturated heterocycles. The van der Waals surface area contributed by atoms with Gasteiger partial charge in [-0.1, -0.05) is 186 Å². The van der Waals surface area contributed by atoms with Gasteiger partial charge in [-0.3, -0.25) is 0 Å². The van der Waals surface area contributed by atoms with Gasteiger partial charge in [0.2, 0.25) is 20.0 Å². The fourth-order valence-corrected chi connectivity index (χ4v) is 14.1. The number of aromatic nitrogens is 7. The van der Waals surface area contributed by atoms with E-state index in [1.165, 1.54) is 6.33 Å². The molecule has 0 amide bonds. The number of hydrogen-bond acceptors (Lipinski definition) is 15. The van der Waals surface area contributed by atoms with Crippen molar-refractivity contribution in [1.29, 1.82) is 0 Å². The van der Waals surface area contributed by atoms with Crippen molar-refractivity contribution in [2.75, 3.05) is 64.2 Å². The number of benzene rings is 2. The standard InChI is InChI=1S/C65H107N15O4S2/c1-19-27-33-48(23-5)43-77(44-49(24-6)34-28-20-2)85(81,82)54-39-31-37-52(41-54)69-71-56-58(64(9,10)11)73-79(60(56)75(15)16)62-66-47-67-63(68-62)80-61(76(17)18)57(59(74-80)65(12,13)14)72-70-53-38-32-40-55(42-53)86(83,84)78(45-50(25-7)35-29-21-3)46-51(26-8)36-30-22-4/h31-32,37-42,47-51H,19-30,33-36,43-46H2,1-18H3. The number of sulfonamides is 2. The first-order chi connectivity index (χ1) is 40.7. The highest BCUT2D eigenvalue weighted by Gasteiger charge is 2.35. The van der Waals surface area contributed by atoms with Crippen molar-refractivity contribution < 1.29 is 16.8 Å². The Labute approximate surface area is 518 Å². The van der Waals surface area contributed by atoms with Gasteiger partial charge in [0.15, 0.2) is 23.0 Å². The molecule has 0 fully saturated rings. The number of hydrogen-bond donors (Lipinski definition) is 0. The number of rotatable bonds is 36. The highest BCUT2D eigenvalue weighted by Crippen LogP contribution is 2.43. The third-order valence-corrected chi connectivity index (χ3v) is 20.0. The van der Waals surface area contributed by atoms with Crippen molar-refractivity contribution in [3.05, 3.63) is 66.2 Å². The summed E-state index contributed by atoms with van der Waals surface area (Å²) >= 11 is 0. The van der Waals surface area contributed by atoms with Gasteiger partial charge < -0.3 is 9.80 Å². The van der Waals surface area contributed by atoms with Gasteiger partial charge in [-0.25, -0.2) is 16.8 Å². The van der Waals surface area contributed by atoms with Crippen LogP contribution in [0.1, 0.15) is 211 Å². The van der Waals surface area contributed by atoms with Gasteiger partial charge in [0.05, 0.1) is 32.6 Å². The van der Waals surface area contributed by atoms with E-state index in [1.54, 1.807) is 66.5 Å². The van der Waals surface area contributed by atoms with Gasteiger partial charge in [0, 0.05) is 65.2 Å². The monoisotopic (exact) mass is 1230 g/mol. The van der Waals surface area contributed by atoms with Crippen LogP contribution >= 0.6 is 0 Å². The molecule has 0 bridgehead atoms. The molecule has 4 atom stereocenters. The summed E-state index contributed by atoms with van der Waals surface area (Å²) in [6.45, 7) is 31.5. The van der Waals surface area contributed by atoms with E-state index in [1.807, 2.05) is 79.5 Å². The van der Waals surface area contributed by atoms with Crippen LogP contribution in [0.15, 0.2) is 85.1 Å². The Morgan fingerprint density at radius 2 is 0.791 bits per heavy atom. The van der Waals surface area contributed by atoms with Crippen LogP contribution in [0.25, 0.3) is 11.9 Å². The summed E-state index contributed by atoms with van der Waals surface area (Å²) in [5.41, 5.74) is 1.84. The van der Waals surface area contributed by atoms with Gasteiger partial charge in [-0.2, -0.15) is 53.4 Å². The van der Waals surface area contributed by atoms with Crippen LogP contribution in [0.4, 0.5) is 34.4 Å². The molecule has 4 unspecified atom stereocenters. The predicted octanol–water partition coefficient (Wildman–Crippen LogP) is 16.6. The second-order valence-electron chi connectivity index (χ2n) is 25.9. The summed E-state index contributed by atoms with van der Waals surface area (Å²) in [6.07, 6.45) is 17.5. The van der Waals surface area contributed by atoms with Crippen molar-refractivity contribution in [2.45, 2.75) is 220 Å². The zero-order valence-corrected chi connectivity index (χ0v) is 57.4. The molecule has 0 aliphatic carbocycles.